The number of rotatable bonds is 3. The molecule has 104 valence electrons. The van der Waals surface area contributed by atoms with E-state index in [1.165, 1.54) is 0 Å². The molecular formula is C15H14BrNO3. The third-order valence-corrected chi connectivity index (χ3v) is 4.57. The first-order valence-corrected chi connectivity index (χ1v) is 7.41. The molecule has 2 N–H and O–H groups in total. The summed E-state index contributed by atoms with van der Waals surface area (Å²) in [5, 5.41) is 10.1. The van der Waals surface area contributed by atoms with Gasteiger partial charge in [0.05, 0.1) is 5.92 Å². The third kappa shape index (κ3) is 2.16. The van der Waals surface area contributed by atoms with Gasteiger partial charge in [0.25, 0.3) is 0 Å². The number of aliphatic carboxylic acids is 1. The molecular weight excluding hydrogens is 322 g/mol. The first kappa shape index (κ1) is 13.4. The van der Waals surface area contributed by atoms with Crippen molar-refractivity contribution in [2.45, 2.75) is 19.3 Å². The lowest BCUT2D eigenvalue weighted by Crippen LogP contribution is -2.25. The Bertz CT molecular complexity index is 691. The number of hydrogen-bond donors (Lipinski definition) is 2. The van der Waals surface area contributed by atoms with Gasteiger partial charge in [-0.2, -0.15) is 0 Å². The molecule has 0 amide bonds. The fourth-order valence-corrected chi connectivity index (χ4v) is 3.43. The van der Waals surface area contributed by atoms with E-state index in [9.17, 15) is 14.7 Å². The van der Waals surface area contributed by atoms with Gasteiger partial charge in [-0.25, -0.2) is 0 Å². The van der Waals surface area contributed by atoms with Gasteiger partial charge in [-0.15, -0.1) is 0 Å². The molecule has 1 aliphatic rings. The minimum atomic E-state index is -0.858. The topological polar surface area (TPSA) is 70.2 Å². The van der Waals surface area contributed by atoms with Crippen LogP contribution in [0.3, 0.4) is 0 Å². The van der Waals surface area contributed by atoms with Gasteiger partial charge < -0.3 is 10.1 Å². The Balaban J connectivity index is 1.98. The molecule has 20 heavy (non-hydrogen) atoms. The van der Waals surface area contributed by atoms with Crippen molar-refractivity contribution in [3.8, 4) is 0 Å². The van der Waals surface area contributed by atoms with E-state index < -0.39 is 17.8 Å². The second kappa shape index (κ2) is 5.05. The molecule has 0 radical (unpaired) electrons. The first-order chi connectivity index (χ1) is 9.58. The summed E-state index contributed by atoms with van der Waals surface area (Å²) < 4.78 is 0.940. The summed E-state index contributed by atoms with van der Waals surface area (Å²) in [5.41, 5.74) is 1.48. The van der Waals surface area contributed by atoms with Crippen LogP contribution in [0.25, 0.3) is 10.9 Å². The van der Waals surface area contributed by atoms with Gasteiger partial charge in [-0.3, -0.25) is 9.59 Å². The summed E-state index contributed by atoms with van der Waals surface area (Å²) in [5.74, 6) is -1.84. The standard InChI is InChI=1S/C15H14BrNO3/c16-8-4-5-9-12(7-17-13(9)6-8)14(18)10-2-1-3-11(10)15(19)20/h4-7,10-11,17H,1-3H2,(H,19,20). The second-order valence-electron chi connectivity index (χ2n) is 5.24. The Morgan fingerprint density at radius 1 is 1.25 bits per heavy atom. The minimum absolute atomic E-state index is 0.0523. The van der Waals surface area contributed by atoms with E-state index in [0.717, 1.165) is 21.8 Å². The molecule has 2 aromatic rings. The fourth-order valence-electron chi connectivity index (χ4n) is 3.07. The molecule has 2 atom stereocenters. The third-order valence-electron chi connectivity index (χ3n) is 4.08. The monoisotopic (exact) mass is 335 g/mol. The van der Waals surface area contributed by atoms with Crippen molar-refractivity contribution in [2.75, 3.05) is 0 Å². The zero-order chi connectivity index (χ0) is 14.3. The predicted molar refractivity (Wildman–Crippen MR) is 78.8 cm³/mol. The van der Waals surface area contributed by atoms with Crippen LogP contribution >= 0.6 is 15.9 Å². The average Bonchev–Trinajstić information content (AvgIpc) is 3.03. The molecule has 3 rings (SSSR count). The summed E-state index contributed by atoms with van der Waals surface area (Å²) in [6, 6.07) is 5.68. The zero-order valence-electron chi connectivity index (χ0n) is 10.7. The first-order valence-electron chi connectivity index (χ1n) is 6.61. The number of Topliss-reactive ketones (excluding diaryl/α,β-unsaturated/α-hetero) is 1. The van der Waals surface area contributed by atoms with Crippen LogP contribution in [-0.4, -0.2) is 21.8 Å². The normalized spacial score (nSPS) is 22.2. The van der Waals surface area contributed by atoms with Crippen LogP contribution in [-0.2, 0) is 4.79 Å². The SMILES string of the molecule is O=C(O)C1CCCC1C(=O)c1c[nH]c2cc(Br)ccc12. The van der Waals surface area contributed by atoms with Gasteiger partial charge >= 0.3 is 5.97 Å². The molecule has 1 aromatic carbocycles. The van der Waals surface area contributed by atoms with Gasteiger partial charge in [0.15, 0.2) is 5.78 Å². The molecule has 1 heterocycles. The number of aromatic amines is 1. The maximum atomic E-state index is 12.6. The number of fused-ring (bicyclic) bond motifs is 1. The van der Waals surface area contributed by atoms with Crippen molar-refractivity contribution in [2.24, 2.45) is 11.8 Å². The summed E-state index contributed by atoms with van der Waals surface area (Å²) in [4.78, 5) is 26.9. The van der Waals surface area contributed by atoms with E-state index in [0.29, 0.717) is 18.4 Å². The summed E-state index contributed by atoms with van der Waals surface area (Å²) in [6.07, 6.45) is 3.76. The van der Waals surface area contributed by atoms with E-state index in [4.69, 9.17) is 0 Å². The van der Waals surface area contributed by atoms with Gasteiger partial charge in [0.2, 0.25) is 0 Å². The highest BCUT2D eigenvalue weighted by atomic mass is 79.9. The molecule has 0 saturated heterocycles. The van der Waals surface area contributed by atoms with Crippen LogP contribution in [0, 0.1) is 11.8 Å². The molecule has 0 spiro atoms. The molecule has 2 unspecified atom stereocenters. The number of H-pyrrole nitrogens is 1. The van der Waals surface area contributed by atoms with Gasteiger partial charge in [0, 0.05) is 33.1 Å². The van der Waals surface area contributed by atoms with Crippen molar-refractivity contribution >= 4 is 38.6 Å². The van der Waals surface area contributed by atoms with Crippen LogP contribution in [0.4, 0.5) is 0 Å². The lowest BCUT2D eigenvalue weighted by Gasteiger charge is -2.13. The van der Waals surface area contributed by atoms with E-state index in [2.05, 4.69) is 20.9 Å². The highest BCUT2D eigenvalue weighted by Gasteiger charge is 2.38. The molecule has 0 bridgehead atoms. The molecule has 0 aliphatic heterocycles. The summed E-state index contributed by atoms with van der Waals surface area (Å²) >= 11 is 3.39. The molecule has 1 fully saturated rings. The Morgan fingerprint density at radius 2 is 2.00 bits per heavy atom. The van der Waals surface area contributed by atoms with Crippen molar-refractivity contribution < 1.29 is 14.7 Å². The second-order valence-corrected chi connectivity index (χ2v) is 6.15. The summed E-state index contributed by atoms with van der Waals surface area (Å²) in [7, 11) is 0. The van der Waals surface area contributed by atoms with Crippen LogP contribution in [0.15, 0.2) is 28.9 Å². The predicted octanol–water partition coefficient (Wildman–Crippen LogP) is 3.61. The van der Waals surface area contributed by atoms with E-state index in [1.807, 2.05) is 18.2 Å². The lowest BCUT2D eigenvalue weighted by molar-refractivity contribution is -0.142. The van der Waals surface area contributed by atoms with Crippen LogP contribution in [0.1, 0.15) is 29.6 Å². The fraction of sp³-hybridized carbons (Fsp3) is 0.333. The lowest BCUT2D eigenvalue weighted by atomic mass is 9.88. The van der Waals surface area contributed by atoms with Crippen molar-refractivity contribution in [3.63, 3.8) is 0 Å². The van der Waals surface area contributed by atoms with E-state index in [-0.39, 0.29) is 5.78 Å². The average molecular weight is 336 g/mol. The molecule has 1 aliphatic carbocycles. The van der Waals surface area contributed by atoms with Crippen LogP contribution in [0.2, 0.25) is 0 Å². The molecule has 4 nitrogen and oxygen atoms in total. The van der Waals surface area contributed by atoms with Crippen LogP contribution in [0.5, 0.6) is 0 Å². The number of hydrogen-bond acceptors (Lipinski definition) is 2. The summed E-state index contributed by atoms with van der Waals surface area (Å²) in [6.45, 7) is 0. The maximum absolute atomic E-state index is 12.6. The van der Waals surface area contributed by atoms with Crippen LogP contribution < -0.4 is 0 Å². The molecule has 5 heteroatoms. The number of aromatic nitrogens is 1. The highest BCUT2D eigenvalue weighted by Crippen LogP contribution is 2.36. The van der Waals surface area contributed by atoms with Crippen molar-refractivity contribution in [1.29, 1.82) is 0 Å². The largest absolute Gasteiger partial charge is 0.481 e. The van der Waals surface area contributed by atoms with E-state index >= 15 is 0 Å². The van der Waals surface area contributed by atoms with Crippen molar-refractivity contribution in [1.82, 2.24) is 4.98 Å². The Morgan fingerprint density at radius 3 is 2.75 bits per heavy atom. The number of halogens is 1. The van der Waals surface area contributed by atoms with E-state index in [1.54, 1.807) is 6.20 Å². The zero-order valence-corrected chi connectivity index (χ0v) is 12.3. The van der Waals surface area contributed by atoms with Gasteiger partial charge in [0.1, 0.15) is 0 Å². The van der Waals surface area contributed by atoms with Gasteiger partial charge in [-0.05, 0) is 25.0 Å². The Labute approximate surface area is 124 Å². The molecule has 1 saturated carbocycles. The number of ketones is 1. The Hall–Kier alpha value is -1.62. The van der Waals surface area contributed by atoms with Crippen molar-refractivity contribution in [3.05, 3.63) is 34.4 Å². The number of benzene rings is 1. The number of nitrogens with one attached hydrogen (secondary N) is 1. The highest BCUT2D eigenvalue weighted by molar-refractivity contribution is 9.10. The minimum Gasteiger partial charge on any atom is -0.481 e. The number of carbonyl (C=O) groups is 2. The quantitative estimate of drug-likeness (QED) is 0.841. The number of carbonyl (C=O) groups excluding carboxylic acids is 1. The Kier molecular flexibility index (Phi) is 3.38. The number of carboxylic acid groups (broad SMARTS) is 1. The smallest absolute Gasteiger partial charge is 0.307 e. The molecule has 1 aromatic heterocycles. The maximum Gasteiger partial charge on any atom is 0.307 e. The van der Waals surface area contributed by atoms with Gasteiger partial charge in [-0.1, -0.05) is 28.4 Å². The number of carboxylic acids is 1.